The van der Waals surface area contributed by atoms with Crippen molar-refractivity contribution in [3.8, 4) is 0 Å². The van der Waals surface area contributed by atoms with Crippen molar-refractivity contribution in [3.05, 3.63) is 58.6 Å². The Hall–Kier alpha value is -1.81. The van der Waals surface area contributed by atoms with Crippen LogP contribution in [0.1, 0.15) is 10.8 Å². The van der Waals surface area contributed by atoms with Crippen molar-refractivity contribution < 1.29 is 0 Å². The Morgan fingerprint density at radius 1 is 1.38 bits per heavy atom. The normalized spacial score (nSPS) is 16.1. The fourth-order valence-electron chi connectivity index (χ4n) is 1.58. The van der Waals surface area contributed by atoms with Gasteiger partial charge in [-0.15, -0.1) is 11.3 Å². The molecule has 1 aliphatic heterocycles. The minimum Gasteiger partial charge on any atom is -0.387 e. The third kappa shape index (κ3) is 2.23. The molecule has 0 saturated carbocycles. The maximum atomic E-state index is 7.69. The molecule has 1 aromatic heterocycles. The number of thiophene rings is 1. The molecule has 2 rings (SSSR count). The summed E-state index contributed by atoms with van der Waals surface area (Å²) < 4.78 is 0. The minimum atomic E-state index is -0.174. The number of nitrogens with two attached hydrogens (primary N) is 1. The quantitative estimate of drug-likeness (QED) is 0.552. The predicted molar refractivity (Wildman–Crippen MR) is 68.5 cm³/mol. The van der Waals surface area contributed by atoms with Crippen molar-refractivity contribution in [1.29, 1.82) is 5.41 Å². The highest BCUT2D eigenvalue weighted by molar-refractivity contribution is 7.10. The maximum Gasteiger partial charge on any atom is 0.105 e. The average Bonchev–Trinajstić information content (AvgIpc) is 2.62. The number of hydrogen-bond donors (Lipinski definition) is 3. The van der Waals surface area contributed by atoms with Crippen LogP contribution in [-0.4, -0.2) is 5.84 Å². The summed E-state index contributed by atoms with van der Waals surface area (Å²) in [5.41, 5.74) is 6.60. The van der Waals surface area contributed by atoms with Crippen molar-refractivity contribution in [2.24, 2.45) is 5.73 Å². The molecule has 0 bridgehead atoms. The smallest absolute Gasteiger partial charge is 0.105 e. The van der Waals surface area contributed by atoms with Crippen LogP contribution >= 0.6 is 11.3 Å². The van der Waals surface area contributed by atoms with Crippen LogP contribution in [0.5, 0.6) is 0 Å². The van der Waals surface area contributed by atoms with E-state index in [1.54, 1.807) is 11.3 Å². The summed E-state index contributed by atoms with van der Waals surface area (Å²) in [6.45, 7) is 0. The van der Waals surface area contributed by atoms with Crippen LogP contribution in [0.4, 0.5) is 0 Å². The monoisotopic (exact) mass is 231 g/mol. The van der Waals surface area contributed by atoms with E-state index >= 15 is 0 Å². The van der Waals surface area contributed by atoms with E-state index in [9.17, 15) is 0 Å². The number of amidine groups is 1. The lowest BCUT2D eigenvalue weighted by Crippen LogP contribution is -2.26. The molecule has 0 amide bonds. The molecular formula is C12H13N3S. The van der Waals surface area contributed by atoms with Gasteiger partial charge < -0.3 is 11.1 Å². The number of nitrogens with one attached hydrogen (secondary N) is 2. The number of hydrogen-bond acceptors (Lipinski definition) is 3. The molecule has 16 heavy (non-hydrogen) atoms. The largest absolute Gasteiger partial charge is 0.387 e. The fourth-order valence-corrected chi connectivity index (χ4v) is 2.44. The first kappa shape index (κ1) is 10.7. The molecule has 0 spiro atoms. The van der Waals surface area contributed by atoms with E-state index in [1.165, 1.54) is 0 Å². The first-order valence-electron chi connectivity index (χ1n) is 4.96. The third-order valence-electron chi connectivity index (χ3n) is 2.29. The van der Waals surface area contributed by atoms with Crippen LogP contribution in [0.3, 0.4) is 0 Å². The lowest BCUT2D eigenvalue weighted by Gasteiger charge is -2.17. The molecule has 1 aromatic rings. The fraction of sp³-hybridized carbons (Fsp3) is 0.0833. The Labute approximate surface area is 98.5 Å². The van der Waals surface area contributed by atoms with Crippen LogP contribution in [0, 0.1) is 5.41 Å². The molecule has 4 heteroatoms. The first-order chi connectivity index (χ1) is 7.79. The average molecular weight is 231 g/mol. The highest BCUT2D eigenvalue weighted by atomic mass is 32.1. The van der Waals surface area contributed by atoms with Gasteiger partial charge in [-0.25, -0.2) is 0 Å². The summed E-state index contributed by atoms with van der Waals surface area (Å²) in [7, 11) is 0. The van der Waals surface area contributed by atoms with Gasteiger partial charge >= 0.3 is 0 Å². The van der Waals surface area contributed by atoms with Crippen molar-refractivity contribution >= 4 is 17.2 Å². The van der Waals surface area contributed by atoms with E-state index in [2.05, 4.69) is 5.32 Å². The summed E-state index contributed by atoms with van der Waals surface area (Å²) in [6, 6.07) is 3.97. The van der Waals surface area contributed by atoms with Crippen molar-refractivity contribution in [3.63, 3.8) is 0 Å². The van der Waals surface area contributed by atoms with Gasteiger partial charge in [0.25, 0.3) is 0 Å². The van der Waals surface area contributed by atoms with Crippen LogP contribution in [0.15, 0.2) is 53.7 Å². The van der Waals surface area contributed by atoms with Gasteiger partial charge in [-0.3, -0.25) is 5.41 Å². The molecule has 1 atom stereocenters. The van der Waals surface area contributed by atoms with E-state index in [1.807, 2.05) is 48.0 Å². The van der Waals surface area contributed by atoms with Gasteiger partial charge in [0.1, 0.15) is 5.84 Å². The van der Waals surface area contributed by atoms with Crippen LogP contribution in [-0.2, 0) is 0 Å². The Morgan fingerprint density at radius 2 is 2.25 bits per heavy atom. The van der Waals surface area contributed by atoms with Crippen molar-refractivity contribution in [2.45, 2.75) is 5.92 Å². The molecule has 3 nitrogen and oxygen atoms in total. The van der Waals surface area contributed by atoms with E-state index in [0.29, 0.717) is 0 Å². The van der Waals surface area contributed by atoms with Gasteiger partial charge in [-0.2, -0.15) is 0 Å². The number of allylic oxidation sites excluding steroid dienone is 4. The lowest BCUT2D eigenvalue weighted by atomic mass is 10.0. The van der Waals surface area contributed by atoms with Gasteiger partial charge in [0.2, 0.25) is 0 Å². The summed E-state index contributed by atoms with van der Waals surface area (Å²) >= 11 is 1.61. The highest BCUT2D eigenvalue weighted by Crippen LogP contribution is 2.27. The Morgan fingerprint density at radius 3 is 2.94 bits per heavy atom. The van der Waals surface area contributed by atoms with E-state index in [-0.39, 0.29) is 11.8 Å². The van der Waals surface area contributed by atoms with Crippen molar-refractivity contribution in [2.75, 3.05) is 0 Å². The molecule has 0 fully saturated rings. The van der Waals surface area contributed by atoms with Gasteiger partial charge in [0.05, 0.1) is 5.92 Å². The highest BCUT2D eigenvalue weighted by Gasteiger charge is 2.20. The topological polar surface area (TPSA) is 61.9 Å². The molecule has 82 valence electrons. The zero-order chi connectivity index (χ0) is 11.4. The van der Waals surface area contributed by atoms with Crippen LogP contribution in [0.25, 0.3) is 0 Å². The molecule has 1 aliphatic rings. The molecule has 0 saturated heterocycles. The van der Waals surface area contributed by atoms with Crippen LogP contribution < -0.4 is 11.1 Å². The van der Waals surface area contributed by atoms with E-state index in [4.69, 9.17) is 11.1 Å². The number of rotatable bonds is 3. The Kier molecular flexibility index (Phi) is 3.22. The molecule has 4 N–H and O–H groups in total. The standard InChI is InChI=1S/C12H13N3S/c13-12(14)11(10-6-4-8-16-10)9-5-2-1-3-7-15-9/h1-8,11,15H,(H3,13,14). The minimum absolute atomic E-state index is 0.157. The maximum absolute atomic E-state index is 7.69. The lowest BCUT2D eigenvalue weighted by molar-refractivity contribution is 0.916. The zero-order valence-corrected chi connectivity index (χ0v) is 9.50. The van der Waals surface area contributed by atoms with E-state index < -0.39 is 0 Å². The van der Waals surface area contributed by atoms with Crippen molar-refractivity contribution in [1.82, 2.24) is 5.32 Å². The molecule has 0 aliphatic carbocycles. The van der Waals surface area contributed by atoms with Gasteiger partial charge in [0, 0.05) is 16.8 Å². The second-order valence-corrected chi connectivity index (χ2v) is 4.39. The summed E-state index contributed by atoms with van der Waals surface area (Å²) in [6.07, 6.45) is 9.58. The van der Waals surface area contributed by atoms with Gasteiger partial charge in [-0.1, -0.05) is 18.2 Å². The molecule has 0 aromatic carbocycles. The van der Waals surface area contributed by atoms with Crippen LogP contribution in [0.2, 0.25) is 0 Å². The Balaban J connectivity index is 2.34. The molecular weight excluding hydrogens is 218 g/mol. The summed E-state index contributed by atoms with van der Waals surface area (Å²) in [5.74, 6) is -0.0164. The molecule has 0 radical (unpaired) electrons. The van der Waals surface area contributed by atoms with Gasteiger partial charge in [0.15, 0.2) is 0 Å². The Bertz CT molecular complexity index is 455. The summed E-state index contributed by atoms with van der Waals surface area (Å²) in [5, 5.41) is 12.8. The second kappa shape index (κ2) is 4.81. The predicted octanol–water partition coefficient (Wildman–Crippen LogP) is 2.32. The molecule has 2 heterocycles. The third-order valence-corrected chi connectivity index (χ3v) is 3.23. The first-order valence-corrected chi connectivity index (χ1v) is 5.84. The zero-order valence-electron chi connectivity index (χ0n) is 8.68. The second-order valence-electron chi connectivity index (χ2n) is 3.41. The van der Waals surface area contributed by atoms with E-state index in [0.717, 1.165) is 10.6 Å². The molecule has 1 unspecified atom stereocenters. The SMILES string of the molecule is N=C(N)C(C1=CC=CC=CN1)c1cccs1. The van der Waals surface area contributed by atoms with Gasteiger partial charge in [-0.05, 0) is 23.6 Å². The summed E-state index contributed by atoms with van der Waals surface area (Å²) in [4.78, 5) is 1.08.